The van der Waals surface area contributed by atoms with Gasteiger partial charge in [0.2, 0.25) is 0 Å². The third-order valence-electron chi connectivity index (χ3n) is 3.15. The Bertz CT molecular complexity index is 620. The number of esters is 1. The molecular weight excluding hydrogens is 328 g/mol. The van der Waals surface area contributed by atoms with Crippen LogP contribution in [0, 0.1) is 5.92 Å². The minimum absolute atomic E-state index is 0.260. The molecule has 0 aliphatic rings. The summed E-state index contributed by atoms with van der Waals surface area (Å²) in [5, 5.41) is 0.749. The number of carbonyl (C=O) groups is 1. The molecule has 0 bridgehead atoms. The molecule has 2 aromatic rings. The molecular formula is C18H19BrO2. The maximum absolute atomic E-state index is 12.3. The van der Waals surface area contributed by atoms with Crippen LogP contribution in [0.15, 0.2) is 48.5 Å². The van der Waals surface area contributed by atoms with E-state index in [0.29, 0.717) is 18.1 Å². The van der Waals surface area contributed by atoms with Gasteiger partial charge in [0.25, 0.3) is 0 Å². The lowest BCUT2D eigenvalue weighted by atomic mass is 9.96. The summed E-state index contributed by atoms with van der Waals surface area (Å²) in [6.45, 7) is 4.49. The van der Waals surface area contributed by atoms with E-state index in [0.717, 1.165) is 22.0 Å². The number of benzene rings is 2. The first kappa shape index (κ1) is 15.8. The van der Waals surface area contributed by atoms with E-state index in [9.17, 15) is 4.79 Å². The summed E-state index contributed by atoms with van der Waals surface area (Å²) in [6, 6.07) is 15.7. The van der Waals surface area contributed by atoms with Crippen LogP contribution in [-0.4, -0.2) is 12.6 Å². The third kappa shape index (κ3) is 3.94. The quantitative estimate of drug-likeness (QED) is 0.558. The van der Waals surface area contributed by atoms with E-state index in [1.54, 1.807) is 0 Å². The van der Waals surface area contributed by atoms with Gasteiger partial charge in [-0.05, 0) is 28.7 Å². The van der Waals surface area contributed by atoms with Gasteiger partial charge in [-0.1, -0.05) is 72.2 Å². The van der Waals surface area contributed by atoms with Crippen molar-refractivity contribution in [2.24, 2.45) is 5.92 Å². The molecule has 0 amide bonds. The maximum Gasteiger partial charge on any atom is 0.338 e. The molecule has 0 saturated heterocycles. The van der Waals surface area contributed by atoms with E-state index in [1.165, 1.54) is 0 Å². The summed E-state index contributed by atoms with van der Waals surface area (Å²) in [5.41, 5.74) is 3.75. The van der Waals surface area contributed by atoms with E-state index >= 15 is 0 Å². The van der Waals surface area contributed by atoms with Crippen molar-refractivity contribution in [3.05, 3.63) is 59.7 Å². The predicted molar refractivity (Wildman–Crippen MR) is 89.6 cm³/mol. The normalized spacial score (nSPS) is 10.7. The monoisotopic (exact) mass is 346 g/mol. The van der Waals surface area contributed by atoms with Gasteiger partial charge in [0.05, 0.1) is 12.2 Å². The van der Waals surface area contributed by atoms with Crippen molar-refractivity contribution >= 4 is 21.9 Å². The average Bonchev–Trinajstić information content (AvgIpc) is 2.52. The van der Waals surface area contributed by atoms with Crippen molar-refractivity contribution in [1.82, 2.24) is 0 Å². The van der Waals surface area contributed by atoms with Gasteiger partial charge in [0.1, 0.15) is 0 Å². The summed E-state index contributed by atoms with van der Waals surface area (Å²) in [7, 11) is 0. The van der Waals surface area contributed by atoms with Crippen LogP contribution < -0.4 is 0 Å². The highest BCUT2D eigenvalue weighted by Crippen LogP contribution is 2.29. The summed E-state index contributed by atoms with van der Waals surface area (Å²) >= 11 is 3.50. The van der Waals surface area contributed by atoms with Crippen molar-refractivity contribution in [2.45, 2.75) is 19.2 Å². The first-order valence-electron chi connectivity index (χ1n) is 7.04. The molecule has 110 valence electrons. The Balaban J connectivity index is 2.39. The van der Waals surface area contributed by atoms with E-state index in [-0.39, 0.29) is 5.97 Å². The number of carbonyl (C=O) groups excluding carboxylic acids is 1. The van der Waals surface area contributed by atoms with Crippen molar-refractivity contribution in [1.29, 1.82) is 0 Å². The maximum atomic E-state index is 12.3. The molecule has 0 aliphatic carbocycles. The zero-order valence-electron chi connectivity index (χ0n) is 12.3. The number of ether oxygens (including phenoxy) is 1. The van der Waals surface area contributed by atoms with Gasteiger partial charge in [0, 0.05) is 5.33 Å². The summed E-state index contributed by atoms with van der Waals surface area (Å²) < 4.78 is 5.37. The Morgan fingerprint density at radius 1 is 1.05 bits per heavy atom. The predicted octanol–water partition coefficient (Wildman–Crippen LogP) is 5.06. The molecule has 0 heterocycles. The summed E-state index contributed by atoms with van der Waals surface area (Å²) in [5.74, 6) is 0.0691. The van der Waals surface area contributed by atoms with Crippen molar-refractivity contribution in [2.75, 3.05) is 6.61 Å². The van der Waals surface area contributed by atoms with E-state index in [1.807, 2.05) is 56.3 Å². The zero-order chi connectivity index (χ0) is 15.2. The molecule has 0 aliphatic heterocycles. The Morgan fingerprint density at radius 3 is 2.33 bits per heavy atom. The minimum atomic E-state index is -0.260. The van der Waals surface area contributed by atoms with Crippen molar-refractivity contribution in [3.63, 3.8) is 0 Å². The number of halogens is 1. The van der Waals surface area contributed by atoms with Crippen LogP contribution in [0.2, 0.25) is 0 Å². The highest BCUT2D eigenvalue weighted by molar-refractivity contribution is 9.08. The molecule has 0 fully saturated rings. The molecule has 3 heteroatoms. The van der Waals surface area contributed by atoms with E-state index in [2.05, 4.69) is 22.0 Å². The third-order valence-corrected chi connectivity index (χ3v) is 3.75. The van der Waals surface area contributed by atoms with E-state index < -0.39 is 0 Å². The van der Waals surface area contributed by atoms with Crippen LogP contribution >= 0.6 is 15.9 Å². The molecule has 0 radical (unpaired) electrons. The van der Waals surface area contributed by atoms with Crippen LogP contribution in [0.5, 0.6) is 0 Å². The first-order chi connectivity index (χ1) is 10.1. The first-order valence-corrected chi connectivity index (χ1v) is 8.16. The molecule has 0 atom stereocenters. The Morgan fingerprint density at radius 2 is 1.67 bits per heavy atom. The van der Waals surface area contributed by atoms with Gasteiger partial charge in [-0.25, -0.2) is 4.79 Å². The molecule has 2 nitrogen and oxygen atoms in total. The fourth-order valence-corrected chi connectivity index (χ4v) is 2.60. The Hall–Kier alpha value is -1.61. The second-order valence-electron chi connectivity index (χ2n) is 5.33. The highest BCUT2D eigenvalue weighted by Gasteiger charge is 2.15. The largest absolute Gasteiger partial charge is 0.462 e. The van der Waals surface area contributed by atoms with Gasteiger partial charge in [0.15, 0.2) is 0 Å². The Kier molecular flexibility index (Phi) is 5.57. The van der Waals surface area contributed by atoms with Crippen LogP contribution in [0.25, 0.3) is 11.1 Å². The molecule has 2 aromatic carbocycles. The number of hydrogen-bond donors (Lipinski definition) is 0. The zero-order valence-corrected chi connectivity index (χ0v) is 13.9. The van der Waals surface area contributed by atoms with Crippen LogP contribution in [0.3, 0.4) is 0 Å². The highest BCUT2D eigenvalue weighted by atomic mass is 79.9. The fourth-order valence-electron chi connectivity index (χ4n) is 2.12. The second kappa shape index (κ2) is 7.41. The summed E-state index contributed by atoms with van der Waals surface area (Å²) in [6.07, 6.45) is 0. The van der Waals surface area contributed by atoms with Crippen LogP contribution in [0.4, 0.5) is 0 Å². The fraction of sp³-hybridized carbons (Fsp3) is 0.278. The van der Waals surface area contributed by atoms with Crippen LogP contribution in [0.1, 0.15) is 29.8 Å². The minimum Gasteiger partial charge on any atom is -0.462 e. The molecule has 2 rings (SSSR count). The SMILES string of the molecule is CC(C)COC(=O)c1ccccc1-c1ccccc1CBr. The Labute approximate surface area is 134 Å². The molecule has 0 aromatic heterocycles. The van der Waals surface area contributed by atoms with Crippen molar-refractivity contribution < 1.29 is 9.53 Å². The molecule has 0 saturated carbocycles. The number of hydrogen-bond acceptors (Lipinski definition) is 2. The van der Waals surface area contributed by atoms with Gasteiger partial charge in [-0.15, -0.1) is 0 Å². The van der Waals surface area contributed by atoms with Gasteiger partial charge in [-0.2, -0.15) is 0 Å². The number of rotatable bonds is 5. The smallest absolute Gasteiger partial charge is 0.338 e. The second-order valence-corrected chi connectivity index (χ2v) is 5.89. The van der Waals surface area contributed by atoms with Gasteiger partial charge in [-0.3, -0.25) is 0 Å². The van der Waals surface area contributed by atoms with E-state index in [4.69, 9.17) is 4.74 Å². The molecule has 0 spiro atoms. The average molecular weight is 347 g/mol. The molecule has 0 unspecified atom stereocenters. The lowest BCUT2D eigenvalue weighted by Gasteiger charge is -2.13. The van der Waals surface area contributed by atoms with Crippen molar-refractivity contribution in [3.8, 4) is 11.1 Å². The van der Waals surface area contributed by atoms with Gasteiger partial charge < -0.3 is 4.74 Å². The lowest BCUT2D eigenvalue weighted by Crippen LogP contribution is -2.11. The molecule has 21 heavy (non-hydrogen) atoms. The lowest BCUT2D eigenvalue weighted by molar-refractivity contribution is 0.0460. The standard InChI is InChI=1S/C18H19BrO2/c1-13(2)12-21-18(20)17-10-6-5-9-16(17)15-8-4-3-7-14(15)11-19/h3-10,13H,11-12H2,1-2H3. The van der Waals surface area contributed by atoms with Gasteiger partial charge >= 0.3 is 5.97 Å². The topological polar surface area (TPSA) is 26.3 Å². The number of alkyl halides is 1. The molecule has 0 N–H and O–H groups in total. The van der Waals surface area contributed by atoms with Crippen LogP contribution in [-0.2, 0) is 10.1 Å². The summed E-state index contributed by atoms with van der Waals surface area (Å²) in [4.78, 5) is 12.3.